The highest BCUT2D eigenvalue weighted by atomic mass is 16.4. The lowest BCUT2D eigenvalue weighted by atomic mass is 10.1. The Kier molecular flexibility index (Phi) is 4.02. The zero-order valence-corrected chi connectivity index (χ0v) is 10.7. The van der Waals surface area contributed by atoms with Crippen molar-refractivity contribution in [3.63, 3.8) is 0 Å². The second-order valence-electron chi connectivity index (χ2n) is 4.85. The van der Waals surface area contributed by atoms with E-state index in [4.69, 9.17) is 5.11 Å². The van der Waals surface area contributed by atoms with Crippen molar-refractivity contribution >= 4 is 11.9 Å². The number of carbonyl (C=O) groups excluding carboxylic acids is 1. The van der Waals surface area contributed by atoms with Gasteiger partial charge in [-0.15, -0.1) is 0 Å². The van der Waals surface area contributed by atoms with Gasteiger partial charge in [0.15, 0.2) is 0 Å². The molecule has 1 amide bonds. The fourth-order valence-electron chi connectivity index (χ4n) is 2.33. The molecular weight excluding hydrogens is 266 g/mol. The van der Waals surface area contributed by atoms with Crippen LogP contribution < -0.4 is 16.6 Å². The Morgan fingerprint density at radius 1 is 1.40 bits per heavy atom. The molecule has 108 valence electrons. The molecule has 2 atom stereocenters. The number of aromatic amines is 1. The lowest BCUT2D eigenvalue weighted by molar-refractivity contribution is -0.141. The third-order valence-electron chi connectivity index (χ3n) is 3.36. The first-order chi connectivity index (χ1) is 9.45. The summed E-state index contributed by atoms with van der Waals surface area (Å²) in [5.74, 6) is -1.65. The van der Waals surface area contributed by atoms with Crippen molar-refractivity contribution in [2.45, 2.75) is 31.8 Å². The van der Waals surface area contributed by atoms with Crippen LogP contribution in [0.3, 0.4) is 0 Å². The van der Waals surface area contributed by atoms with E-state index >= 15 is 0 Å². The lowest BCUT2D eigenvalue weighted by Crippen LogP contribution is -2.39. The van der Waals surface area contributed by atoms with E-state index in [-0.39, 0.29) is 18.5 Å². The van der Waals surface area contributed by atoms with E-state index in [9.17, 15) is 19.2 Å². The minimum Gasteiger partial charge on any atom is -0.481 e. The SMILES string of the molecule is O=C(Cn1ccc(=O)[nH]c1=O)N[C@H]1CC[C@@H](C(=O)O)C1. The molecule has 20 heavy (non-hydrogen) atoms. The number of hydrogen-bond donors (Lipinski definition) is 3. The van der Waals surface area contributed by atoms with Gasteiger partial charge in [0.2, 0.25) is 5.91 Å². The molecule has 8 heteroatoms. The van der Waals surface area contributed by atoms with Gasteiger partial charge >= 0.3 is 11.7 Å². The minimum atomic E-state index is -0.849. The zero-order chi connectivity index (χ0) is 14.7. The summed E-state index contributed by atoms with van der Waals surface area (Å²) in [5.41, 5.74) is -1.17. The molecular formula is C12H15N3O5. The third kappa shape index (κ3) is 3.34. The molecule has 0 saturated heterocycles. The normalized spacial score (nSPS) is 21.6. The van der Waals surface area contributed by atoms with Crippen molar-refractivity contribution in [3.8, 4) is 0 Å². The van der Waals surface area contributed by atoms with Crippen LogP contribution in [0.25, 0.3) is 0 Å². The van der Waals surface area contributed by atoms with Gasteiger partial charge < -0.3 is 10.4 Å². The molecule has 1 aliphatic rings. The summed E-state index contributed by atoms with van der Waals surface area (Å²) in [6.07, 6.45) is 2.80. The van der Waals surface area contributed by atoms with Crippen molar-refractivity contribution in [1.29, 1.82) is 0 Å². The first-order valence-corrected chi connectivity index (χ1v) is 6.27. The molecule has 0 unspecified atom stereocenters. The Morgan fingerprint density at radius 2 is 2.15 bits per heavy atom. The van der Waals surface area contributed by atoms with Crippen LogP contribution in [0.4, 0.5) is 0 Å². The van der Waals surface area contributed by atoms with Crippen molar-refractivity contribution in [2.24, 2.45) is 5.92 Å². The smallest absolute Gasteiger partial charge is 0.328 e. The van der Waals surface area contributed by atoms with Crippen molar-refractivity contribution in [3.05, 3.63) is 33.1 Å². The quantitative estimate of drug-likeness (QED) is 0.647. The summed E-state index contributed by atoms with van der Waals surface area (Å²) in [6.45, 7) is -0.205. The first kappa shape index (κ1) is 14.0. The van der Waals surface area contributed by atoms with E-state index in [1.807, 2.05) is 0 Å². The largest absolute Gasteiger partial charge is 0.481 e. The highest BCUT2D eigenvalue weighted by molar-refractivity contribution is 5.76. The van der Waals surface area contributed by atoms with Gasteiger partial charge in [0.1, 0.15) is 6.54 Å². The number of aromatic nitrogens is 2. The summed E-state index contributed by atoms with van der Waals surface area (Å²) in [5, 5.41) is 11.6. The standard InChI is InChI=1S/C12H15N3O5/c16-9-3-4-15(12(20)14-9)6-10(17)13-8-2-1-7(5-8)11(18)19/h3-4,7-8H,1-2,5-6H2,(H,13,17)(H,18,19)(H,14,16,20)/t7-,8+/m1/s1. The van der Waals surface area contributed by atoms with Crippen LogP contribution in [-0.2, 0) is 16.1 Å². The van der Waals surface area contributed by atoms with E-state index in [2.05, 4.69) is 10.3 Å². The first-order valence-electron chi connectivity index (χ1n) is 6.27. The molecule has 0 bridgehead atoms. The van der Waals surface area contributed by atoms with E-state index < -0.39 is 23.1 Å². The average Bonchev–Trinajstić information content (AvgIpc) is 2.81. The summed E-state index contributed by atoms with van der Waals surface area (Å²) in [4.78, 5) is 46.9. The average molecular weight is 281 g/mol. The second kappa shape index (κ2) is 5.72. The number of nitrogens with one attached hydrogen (secondary N) is 2. The molecule has 0 spiro atoms. The number of carbonyl (C=O) groups is 2. The molecule has 1 saturated carbocycles. The fourth-order valence-corrected chi connectivity index (χ4v) is 2.33. The van der Waals surface area contributed by atoms with Crippen LogP contribution in [-0.4, -0.2) is 32.6 Å². The lowest BCUT2D eigenvalue weighted by Gasteiger charge is -2.12. The predicted octanol–water partition coefficient (Wildman–Crippen LogP) is -1.09. The van der Waals surface area contributed by atoms with Crippen LogP contribution in [0.5, 0.6) is 0 Å². The molecule has 1 fully saturated rings. The molecule has 1 aromatic rings. The van der Waals surface area contributed by atoms with Gasteiger partial charge in [-0.2, -0.15) is 0 Å². The Labute approximate surface area is 113 Å². The van der Waals surface area contributed by atoms with Gasteiger partial charge in [0.25, 0.3) is 5.56 Å². The Balaban J connectivity index is 1.92. The second-order valence-corrected chi connectivity index (χ2v) is 4.85. The number of amides is 1. The Morgan fingerprint density at radius 3 is 2.75 bits per heavy atom. The van der Waals surface area contributed by atoms with Crippen molar-refractivity contribution in [1.82, 2.24) is 14.9 Å². The molecule has 1 heterocycles. The number of rotatable bonds is 4. The van der Waals surface area contributed by atoms with Gasteiger partial charge in [-0.3, -0.25) is 23.9 Å². The summed E-state index contributed by atoms with van der Waals surface area (Å²) in [6, 6.07) is 0.979. The fraction of sp³-hybridized carbons (Fsp3) is 0.500. The Hall–Kier alpha value is -2.38. The highest BCUT2D eigenvalue weighted by Gasteiger charge is 2.30. The van der Waals surface area contributed by atoms with Crippen LogP contribution in [0.2, 0.25) is 0 Å². The van der Waals surface area contributed by atoms with Gasteiger partial charge in [-0.1, -0.05) is 0 Å². The Bertz CT molecular complexity index is 632. The molecule has 0 radical (unpaired) electrons. The molecule has 0 aliphatic heterocycles. The van der Waals surface area contributed by atoms with Crippen LogP contribution >= 0.6 is 0 Å². The molecule has 1 aromatic heterocycles. The van der Waals surface area contributed by atoms with E-state index in [1.54, 1.807) is 0 Å². The van der Waals surface area contributed by atoms with Gasteiger partial charge in [0, 0.05) is 18.3 Å². The van der Waals surface area contributed by atoms with Gasteiger partial charge in [-0.25, -0.2) is 4.79 Å². The molecule has 3 N–H and O–H groups in total. The van der Waals surface area contributed by atoms with Crippen molar-refractivity contribution in [2.75, 3.05) is 0 Å². The molecule has 0 aromatic carbocycles. The van der Waals surface area contributed by atoms with Crippen molar-refractivity contribution < 1.29 is 14.7 Å². The topological polar surface area (TPSA) is 121 Å². The number of aliphatic carboxylic acids is 1. The molecule has 1 aliphatic carbocycles. The monoisotopic (exact) mass is 281 g/mol. The predicted molar refractivity (Wildman–Crippen MR) is 68.2 cm³/mol. The van der Waals surface area contributed by atoms with Crippen LogP contribution in [0.1, 0.15) is 19.3 Å². The zero-order valence-electron chi connectivity index (χ0n) is 10.7. The third-order valence-corrected chi connectivity index (χ3v) is 3.36. The minimum absolute atomic E-state index is 0.179. The number of hydrogen-bond acceptors (Lipinski definition) is 4. The van der Waals surface area contributed by atoms with Gasteiger partial charge in [-0.05, 0) is 19.3 Å². The summed E-state index contributed by atoms with van der Waals surface area (Å²) in [7, 11) is 0. The molecule has 8 nitrogen and oxygen atoms in total. The highest BCUT2D eigenvalue weighted by Crippen LogP contribution is 2.25. The number of H-pyrrole nitrogens is 1. The van der Waals surface area contributed by atoms with Gasteiger partial charge in [0.05, 0.1) is 5.92 Å². The number of carboxylic acid groups (broad SMARTS) is 1. The maximum Gasteiger partial charge on any atom is 0.328 e. The maximum absolute atomic E-state index is 11.8. The van der Waals surface area contributed by atoms with Crippen LogP contribution in [0, 0.1) is 5.92 Å². The maximum atomic E-state index is 11.8. The van der Waals surface area contributed by atoms with E-state index in [0.29, 0.717) is 19.3 Å². The van der Waals surface area contributed by atoms with E-state index in [1.165, 1.54) is 6.20 Å². The number of carboxylic acids is 1. The van der Waals surface area contributed by atoms with Crippen LogP contribution in [0.15, 0.2) is 21.9 Å². The van der Waals surface area contributed by atoms with E-state index in [0.717, 1.165) is 10.6 Å². The summed E-state index contributed by atoms with van der Waals surface area (Å²) < 4.78 is 1.08. The number of nitrogens with zero attached hydrogens (tertiary/aromatic N) is 1. The molecule has 2 rings (SSSR count). The summed E-state index contributed by atoms with van der Waals surface area (Å²) >= 11 is 0.